The number of hydrogen-bond acceptors (Lipinski definition) is 2. The van der Waals surface area contributed by atoms with Gasteiger partial charge in [0.2, 0.25) is 5.91 Å². The van der Waals surface area contributed by atoms with Crippen LogP contribution in [0.25, 0.3) is 0 Å². The highest BCUT2D eigenvalue weighted by Gasteiger charge is 2.53. The van der Waals surface area contributed by atoms with E-state index in [0.29, 0.717) is 12.1 Å². The molecule has 1 aliphatic heterocycles. The Hall–Kier alpha value is -2.56. The number of carbonyl (C=O) groups excluding carboxylic acids is 2. The van der Waals surface area contributed by atoms with E-state index in [1.165, 1.54) is 5.56 Å². The topological polar surface area (TPSA) is 65.2 Å². The van der Waals surface area contributed by atoms with E-state index in [1.54, 1.807) is 18.5 Å². The number of nitrogens with one attached hydrogen (secondary N) is 2. The van der Waals surface area contributed by atoms with Crippen LogP contribution in [0.2, 0.25) is 0 Å². The summed E-state index contributed by atoms with van der Waals surface area (Å²) < 4.78 is 0. The summed E-state index contributed by atoms with van der Waals surface area (Å²) in [5, 5.41) is 3.07. The highest BCUT2D eigenvalue weighted by Crippen LogP contribution is 2.50. The van der Waals surface area contributed by atoms with Crippen LogP contribution in [-0.4, -0.2) is 40.8 Å². The first-order valence-electron chi connectivity index (χ1n) is 9.39. The Balaban J connectivity index is 1.44. The van der Waals surface area contributed by atoms with Crippen LogP contribution in [0.15, 0.2) is 42.7 Å². The third-order valence-electron chi connectivity index (χ3n) is 5.63. The van der Waals surface area contributed by atoms with Gasteiger partial charge in [-0.05, 0) is 44.2 Å². The van der Waals surface area contributed by atoms with E-state index in [1.807, 2.05) is 11.0 Å². The zero-order valence-corrected chi connectivity index (χ0v) is 15.1. The molecule has 0 unspecified atom stereocenters. The molecule has 26 heavy (non-hydrogen) atoms. The quantitative estimate of drug-likeness (QED) is 0.890. The third-order valence-corrected chi connectivity index (χ3v) is 5.63. The Kier molecular flexibility index (Phi) is 4.31. The van der Waals surface area contributed by atoms with E-state index >= 15 is 0 Å². The van der Waals surface area contributed by atoms with E-state index in [0.717, 1.165) is 37.8 Å². The molecule has 1 aromatic heterocycles. The molecule has 2 heterocycles. The lowest BCUT2D eigenvalue weighted by Crippen LogP contribution is -2.52. The number of piperidine rings is 1. The van der Waals surface area contributed by atoms with E-state index in [9.17, 15) is 9.59 Å². The predicted molar refractivity (Wildman–Crippen MR) is 100.0 cm³/mol. The number of aromatic amines is 1. The summed E-state index contributed by atoms with van der Waals surface area (Å²) in [6, 6.07) is 10.1. The van der Waals surface area contributed by atoms with E-state index in [4.69, 9.17) is 0 Å². The van der Waals surface area contributed by atoms with Crippen molar-refractivity contribution in [1.29, 1.82) is 0 Å². The minimum Gasteiger partial charge on any atom is -0.367 e. The second-order valence-electron chi connectivity index (χ2n) is 7.62. The molecule has 0 bridgehead atoms. The molecule has 136 valence electrons. The Bertz CT molecular complexity index is 808. The molecule has 5 nitrogen and oxygen atoms in total. The molecule has 1 aliphatic carbocycles. The van der Waals surface area contributed by atoms with E-state index < -0.39 is 0 Å². The van der Waals surface area contributed by atoms with Crippen molar-refractivity contribution in [2.45, 2.75) is 44.1 Å². The van der Waals surface area contributed by atoms with Crippen molar-refractivity contribution < 1.29 is 9.59 Å². The summed E-state index contributed by atoms with van der Waals surface area (Å²) in [5.41, 5.74) is 2.63. The fourth-order valence-corrected chi connectivity index (χ4v) is 4.01. The van der Waals surface area contributed by atoms with Gasteiger partial charge in [0.25, 0.3) is 5.91 Å². The average Bonchev–Trinajstić information content (AvgIpc) is 3.27. The van der Waals surface area contributed by atoms with Crippen LogP contribution in [0.1, 0.15) is 47.2 Å². The number of aromatic nitrogens is 1. The number of carbonyl (C=O) groups is 2. The Labute approximate surface area is 153 Å². The number of aryl methyl sites for hydroxylation is 1. The summed E-state index contributed by atoms with van der Waals surface area (Å²) in [6.45, 7) is 3.45. The first kappa shape index (κ1) is 16.9. The number of benzene rings is 1. The summed E-state index contributed by atoms with van der Waals surface area (Å²) in [4.78, 5) is 30.4. The molecule has 2 aliphatic rings. The SMILES string of the molecule is Cc1cccc(C2(C(=O)N3CCC[C@H](NC(=O)c4cc[nH]c4)C3)CC2)c1. The maximum atomic E-state index is 13.3. The van der Waals surface area contributed by atoms with Gasteiger partial charge < -0.3 is 15.2 Å². The Morgan fingerprint density at radius 1 is 1.27 bits per heavy atom. The fourth-order valence-electron chi connectivity index (χ4n) is 4.01. The van der Waals surface area contributed by atoms with Crippen LogP contribution in [0.4, 0.5) is 0 Å². The Morgan fingerprint density at radius 3 is 2.81 bits per heavy atom. The number of likely N-dealkylation sites (tertiary alicyclic amines) is 1. The minimum atomic E-state index is -0.335. The van der Waals surface area contributed by atoms with Crippen molar-refractivity contribution >= 4 is 11.8 Å². The summed E-state index contributed by atoms with van der Waals surface area (Å²) >= 11 is 0. The van der Waals surface area contributed by atoms with Crippen molar-refractivity contribution in [3.63, 3.8) is 0 Å². The van der Waals surface area contributed by atoms with Crippen LogP contribution in [0.3, 0.4) is 0 Å². The van der Waals surface area contributed by atoms with Gasteiger partial charge in [0.05, 0.1) is 11.0 Å². The molecule has 2 amide bonds. The molecule has 1 atom stereocenters. The van der Waals surface area contributed by atoms with Crippen molar-refractivity contribution in [2.24, 2.45) is 0 Å². The summed E-state index contributed by atoms with van der Waals surface area (Å²) in [7, 11) is 0. The molecule has 0 spiro atoms. The summed E-state index contributed by atoms with van der Waals surface area (Å²) in [5.74, 6) is 0.147. The van der Waals surface area contributed by atoms with Crippen LogP contribution in [0.5, 0.6) is 0 Å². The number of hydrogen-bond donors (Lipinski definition) is 2. The van der Waals surface area contributed by atoms with Gasteiger partial charge in [-0.1, -0.05) is 29.8 Å². The molecule has 5 heteroatoms. The second kappa shape index (κ2) is 6.63. The van der Waals surface area contributed by atoms with Crippen molar-refractivity contribution in [1.82, 2.24) is 15.2 Å². The maximum Gasteiger partial charge on any atom is 0.253 e. The highest BCUT2D eigenvalue weighted by molar-refractivity contribution is 5.94. The predicted octanol–water partition coefficient (Wildman–Crippen LogP) is 2.78. The molecule has 4 rings (SSSR count). The van der Waals surface area contributed by atoms with Gasteiger partial charge >= 0.3 is 0 Å². The average molecular weight is 351 g/mol. The van der Waals surface area contributed by atoms with E-state index in [2.05, 4.69) is 35.4 Å². The number of H-pyrrole nitrogens is 1. The number of rotatable bonds is 4. The largest absolute Gasteiger partial charge is 0.367 e. The molecule has 2 fully saturated rings. The lowest BCUT2D eigenvalue weighted by molar-refractivity contribution is -0.135. The van der Waals surface area contributed by atoms with Crippen molar-refractivity contribution in [3.05, 3.63) is 59.4 Å². The normalized spacial score (nSPS) is 21.3. The number of nitrogens with zero attached hydrogens (tertiary/aromatic N) is 1. The van der Waals surface area contributed by atoms with E-state index in [-0.39, 0.29) is 23.3 Å². The number of amides is 2. The van der Waals surface area contributed by atoms with Crippen LogP contribution in [-0.2, 0) is 10.2 Å². The molecule has 2 N–H and O–H groups in total. The van der Waals surface area contributed by atoms with Crippen LogP contribution < -0.4 is 5.32 Å². The summed E-state index contributed by atoms with van der Waals surface area (Å²) in [6.07, 6.45) is 7.12. The highest BCUT2D eigenvalue weighted by atomic mass is 16.2. The molecular weight excluding hydrogens is 326 g/mol. The fraction of sp³-hybridized carbons (Fsp3) is 0.429. The molecule has 1 aromatic carbocycles. The van der Waals surface area contributed by atoms with Crippen molar-refractivity contribution in [2.75, 3.05) is 13.1 Å². The molecule has 2 aromatic rings. The minimum absolute atomic E-state index is 0.0170. The molecule has 1 saturated carbocycles. The molecular formula is C21H25N3O2. The molecule has 1 saturated heterocycles. The van der Waals surface area contributed by atoms with Crippen LogP contribution >= 0.6 is 0 Å². The maximum absolute atomic E-state index is 13.3. The van der Waals surface area contributed by atoms with Gasteiger partial charge in [-0.2, -0.15) is 0 Å². The zero-order chi connectivity index (χ0) is 18.1. The zero-order valence-electron chi connectivity index (χ0n) is 15.1. The second-order valence-corrected chi connectivity index (χ2v) is 7.62. The third kappa shape index (κ3) is 3.14. The van der Waals surface area contributed by atoms with Gasteiger partial charge in [0, 0.05) is 31.5 Å². The standard InChI is InChI=1S/C21H25N3O2/c1-15-4-2-5-17(12-15)21(8-9-21)20(26)24-11-3-6-18(14-24)23-19(25)16-7-10-22-13-16/h2,4-5,7,10,12-13,18,22H,3,6,8-9,11,14H2,1H3,(H,23,25)/t18-/m0/s1. The molecule has 0 radical (unpaired) electrons. The van der Waals surface area contributed by atoms with Gasteiger partial charge in [-0.25, -0.2) is 0 Å². The first-order valence-corrected chi connectivity index (χ1v) is 9.39. The smallest absolute Gasteiger partial charge is 0.253 e. The monoisotopic (exact) mass is 351 g/mol. The first-order chi connectivity index (χ1) is 12.6. The lowest BCUT2D eigenvalue weighted by atomic mass is 9.91. The lowest BCUT2D eigenvalue weighted by Gasteiger charge is -2.35. The van der Waals surface area contributed by atoms with Gasteiger partial charge in [0.1, 0.15) is 0 Å². The van der Waals surface area contributed by atoms with Gasteiger partial charge in [-0.3, -0.25) is 9.59 Å². The van der Waals surface area contributed by atoms with Crippen molar-refractivity contribution in [3.8, 4) is 0 Å². The Morgan fingerprint density at radius 2 is 2.12 bits per heavy atom. The van der Waals surface area contributed by atoms with Gasteiger partial charge in [0.15, 0.2) is 0 Å². The van der Waals surface area contributed by atoms with Gasteiger partial charge in [-0.15, -0.1) is 0 Å². The van der Waals surface area contributed by atoms with Crippen LogP contribution in [0, 0.1) is 6.92 Å².